The number of fused-ring (bicyclic) bond motifs is 1. The lowest BCUT2D eigenvalue weighted by Crippen LogP contribution is -2.07. The molecular weight excluding hydrogens is 327 g/mol. The van der Waals surface area contributed by atoms with Gasteiger partial charge in [0.1, 0.15) is 0 Å². The average molecular weight is 337 g/mol. The van der Waals surface area contributed by atoms with Crippen molar-refractivity contribution in [2.75, 3.05) is 5.75 Å². The molecule has 2 aromatic carbocycles. The van der Waals surface area contributed by atoms with Crippen molar-refractivity contribution in [3.8, 4) is 0 Å². The predicted octanol–water partition coefficient (Wildman–Crippen LogP) is 3.95. The quantitative estimate of drug-likeness (QED) is 0.578. The second-order valence-electron chi connectivity index (χ2n) is 4.74. The van der Waals surface area contributed by atoms with E-state index in [1.807, 2.05) is 35.4 Å². The van der Waals surface area contributed by atoms with Crippen LogP contribution in [0.5, 0.6) is 0 Å². The van der Waals surface area contributed by atoms with Gasteiger partial charge in [-0.3, -0.25) is 9.89 Å². The summed E-state index contributed by atoms with van der Waals surface area (Å²) in [4.78, 5) is 15.5. The number of carbonyl (C=O) groups is 1. The van der Waals surface area contributed by atoms with Crippen LogP contribution in [-0.4, -0.2) is 26.7 Å². The Labute approximate surface area is 133 Å². The number of nitrogens with zero attached hydrogens (tertiary/aromatic N) is 2. The molecule has 0 aliphatic rings. The molecule has 1 N–H and O–H groups in total. The van der Waals surface area contributed by atoms with Crippen LogP contribution in [0.3, 0.4) is 0 Å². The van der Waals surface area contributed by atoms with Gasteiger partial charge in [0, 0.05) is 5.56 Å². The molecule has 0 unspecified atom stereocenters. The molecule has 0 fully saturated rings. The fraction of sp³-hybridized carbons (Fsp3) is 0.133. The van der Waals surface area contributed by atoms with Gasteiger partial charge in [-0.1, -0.05) is 48.2 Å². The molecule has 0 saturated carbocycles. The number of hydrogen-bond acceptors (Lipinski definition) is 4. The normalized spacial score (nSPS) is 11.8. The highest BCUT2D eigenvalue weighted by Gasteiger charge is 2.35. The molecule has 0 spiro atoms. The highest BCUT2D eigenvalue weighted by Crippen LogP contribution is 2.27. The minimum absolute atomic E-state index is 0.0342. The van der Waals surface area contributed by atoms with Crippen molar-refractivity contribution in [1.82, 2.24) is 15.2 Å². The molecule has 0 atom stereocenters. The molecule has 0 bridgehead atoms. The molecule has 0 radical (unpaired) electrons. The Morgan fingerprint density at radius 3 is 2.57 bits per heavy atom. The lowest BCUT2D eigenvalue weighted by atomic mass is 10.1. The van der Waals surface area contributed by atoms with Gasteiger partial charge in [0.05, 0.1) is 5.75 Å². The Kier molecular flexibility index (Phi) is 4.08. The van der Waals surface area contributed by atoms with Gasteiger partial charge in [0.2, 0.25) is 11.0 Å². The summed E-state index contributed by atoms with van der Waals surface area (Å²) in [5, 5.41) is 7.11. The van der Waals surface area contributed by atoms with Crippen molar-refractivity contribution in [3.63, 3.8) is 0 Å². The van der Waals surface area contributed by atoms with Gasteiger partial charge in [-0.2, -0.15) is 18.2 Å². The van der Waals surface area contributed by atoms with Crippen molar-refractivity contribution >= 4 is 28.3 Å². The van der Waals surface area contributed by atoms with Gasteiger partial charge in [0.25, 0.3) is 0 Å². The van der Waals surface area contributed by atoms with Gasteiger partial charge >= 0.3 is 6.18 Å². The van der Waals surface area contributed by atoms with Crippen molar-refractivity contribution in [2.24, 2.45) is 0 Å². The highest BCUT2D eigenvalue weighted by molar-refractivity contribution is 7.99. The number of H-pyrrole nitrogens is 1. The van der Waals surface area contributed by atoms with Crippen LogP contribution in [0.25, 0.3) is 10.8 Å². The third-order valence-corrected chi connectivity index (χ3v) is 3.98. The minimum atomic E-state index is -4.58. The molecule has 23 heavy (non-hydrogen) atoms. The topological polar surface area (TPSA) is 58.6 Å². The van der Waals surface area contributed by atoms with E-state index in [1.165, 1.54) is 0 Å². The standard InChI is InChI=1S/C15H10F3N3OS/c16-15(17,18)13-19-14(21-20-13)23-8-12(22)11-6-5-9-3-1-2-4-10(9)7-11/h1-7H,8H2,(H,19,20,21). The van der Waals surface area contributed by atoms with Crippen LogP contribution in [0.1, 0.15) is 16.2 Å². The monoisotopic (exact) mass is 337 g/mol. The van der Waals surface area contributed by atoms with Crippen LogP contribution in [-0.2, 0) is 6.18 Å². The fourth-order valence-electron chi connectivity index (χ4n) is 2.01. The average Bonchev–Trinajstić information content (AvgIpc) is 3.01. The Hall–Kier alpha value is -2.35. The third kappa shape index (κ3) is 3.53. The zero-order chi connectivity index (χ0) is 16.4. The predicted molar refractivity (Wildman–Crippen MR) is 80.4 cm³/mol. The van der Waals surface area contributed by atoms with Crippen molar-refractivity contribution in [3.05, 3.63) is 53.9 Å². The summed E-state index contributed by atoms with van der Waals surface area (Å²) in [5.74, 6) is -1.40. The minimum Gasteiger partial charge on any atom is -0.293 e. The molecular formula is C15H10F3N3OS. The lowest BCUT2D eigenvalue weighted by molar-refractivity contribution is -0.144. The van der Waals surface area contributed by atoms with Crippen molar-refractivity contribution in [1.29, 1.82) is 0 Å². The number of rotatable bonds is 4. The Morgan fingerprint density at radius 1 is 1.13 bits per heavy atom. The van der Waals surface area contributed by atoms with Crippen molar-refractivity contribution < 1.29 is 18.0 Å². The van der Waals surface area contributed by atoms with Gasteiger partial charge in [-0.15, -0.1) is 5.10 Å². The number of Topliss-reactive ketones (excluding diaryl/α,β-unsaturated/α-hetero) is 1. The third-order valence-electron chi connectivity index (χ3n) is 3.14. The Morgan fingerprint density at radius 2 is 1.87 bits per heavy atom. The first kappa shape index (κ1) is 15.5. The van der Waals surface area contributed by atoms with Gasteiger partial charge < -0.3 is 0 Å². The summed E-state index contributed by atoms with van der Waals surface area (Å²) >= 11 is 0.863. The maximum Gasteiger partial charge on any atom is 0.451 e. The van der Waals surface area contributed by atoms with Crippen molar-refractivity contribution in [2.45, 2.75) is 11.3 Å². The molecule has 0 saturated heterocycles. The van der Waals surface area contributed by atoms with E-state index in [1.54, 1.807) is 12.1 Å². The number of halogens is 3. The molecule has 1 aromatic heterocycles. The van der Waals surface area contributed by atoms with E-state index in [2.05, 4.69) is 10.1 Å². The van der Waals surface area contributed by atoms with E-state index < -0.39 is 12.0 Å². The molecule has 0 aliphatic heterocycles. The molecule has 3 rings (SSSR count). The number of aromatic nitrogens is 3. The molecule has 0 amide bonds. The summed E-state index contributed by atoms with van der Waals surface area (Å²) < 4.78 is 37.2. The molecule has 8 heteroatoms. The van der Waals surface area contributed by atoms with Crippen LogP contribution in [0, 0.1) is 0 Å². The molecule has 4 nitrogen and oxygen atoms in total. The SMILES string of the molecule is O=C(CSc1n[nH]c(C(F)(F)F)n1)c1ccc2ccccc2c1. The molecule has 118 valence electrons. The molecule has 1 heterocycles. The summed E-state index contributed by atoms with van der Waals surface area (Å²) in [6, 6.07) is 12.9. The first-order valence-corrected chi connectivity index (χ1v) is 7.56. The molecule has 3 aromatic rings. The maximum absolute atomic E-state index is 12.4. The maximum atomic E-state index is 12.4. The molecule has 0 aliphatic carbocycles. The van der Waals surface area contributed by atoms with E-state index in [4.69, 9.17) is 0 Å². The Balaban J connectivity index is 1.70. The summed E-state index contributed by atoms with van der Waals surface area (Å²) in [7, 11) is 0. The van der Waals surface area contributed by atoms with E-state index in [0.29, 0.717) is 5.56 Å². The van der Waals surface area contributed by atoms with E-state index in [-0.39, 0.29) is 16.7 Å². The smallest absolute Gasteiger partial charge is 0.293 e. The summed E-state index contributed by atoms with van der Waals surface area (Å²) in [6.45, 7) is 0. The first-order chi connectivity index (χ1) is 10.9. The largest absolute Gasteiger partial charge is 0.451 e. The fourth-order valence-corrected chi connectivity index (χ4v) is 2.71. The van der Waals surface area contributed by atoms with Gasteiger partial charge in [-0.25, -0.2) is 0 Å². The second kappa shape index (κ2) is 6.04. The van der Waals surface area contributed by atoms with E-state index >= 15 is 0 Å². The van der Waals surface area contributed by atoms with Gasteiger partial charge in [-0.05, 0) is 16.8 Å². The van der Waals surface area contributed by atoms with Crippen LogP contribution in [0.2, 0.25) is 0 Å². The number of thioether (sulfide) groups is 1. The van der Waals surface area contributed by atoms with E-state index in [0.717, 1.165) is 22.5 Å². The van der Waals surface area contributed by atoms with Gasteiger partial charge in [0.15, 0.2) is 5.78 Å². The zero-order valence-electron chi connectivity index (χ0n) is 11.6. The first-order valence-electron chi connectivity index (χ1n) is 6.58. The summed E-state index contributed by atoms with van der Waals surface area (Å²) in [5.41, 5.74) is 0.503. The number of alkyl halides is 3. The van der Waals surface area contributed by atoms with E-state index in [9.17, 15) is 18.0 Å². The second-order valence-corrected chi connectivity index (χ2v) is 5.68. The summed E-state index contributed by atoms with van der Waals surface area (Å²) in [6.07, 6.45) is -4.58. The van der Waals surface area contributed by atoms with Crippen LogP contribution in [0.15, 0.2) is 47.6 Å². The zero-order valence-corrected chi connectivity index (χ0v) is 12.4. The number of benzene rings is 2. The highest BCUT2D eigenvalue weighted by atomic mass is 32.2. The number of ketones is 1. The number of aromatic amines is 1. The number of nitrogens with one attached hydrogen (secondary N) is 1. The number of carbonyl (C=O) groups excluding carboxylic acids is 1. The van der Waals surface area contributed by atoms with Crippen LogP contribution < -0.4 is 0 Å². The van der Waals surface area contributed by atoms with Crippen LogP contribution >= 0.6 is 11.8 Å². The van der Waals surface area contributed by atoms with Crippen LogP contribution in [0.4, 0.5) is 13.2 Å². The number of hydrogen-bond donors (Lipinski definition) is 1. The lowest BCUT2D eigenvalue weighted by Gasteiger charge is -2.02. The Bertz CT molecular complexity index is 860.